The molecule has 18 aromatic rings. The first kappa shape index (κ1) is 102. The molecule has 8 aromatic heterocycles. The van der Waals surface area contributed by atoms with Crippen LogP contribution >= 0.6 is 0 Å². The van der Waals surface area contributed by atoms with Crippen molar-refractivity contribution in [3.8, 4) is 82.0 Å². The first-order valence-electron chi connectivity index (χ1n) is 49.1. The summed E-state index contributed by atoms with van der Waals surface area (Å²) in [5, 5.41) is 32.1. The highest BCUT2D eigenvalue weighted by atomic mass is 16.2. The van der Waals surface area contributed by atoms with Gasteiger partial charge in [-0.2, -0.15) is 20.4 Å². The van der Waals surface area contributed by atoms with E-state index in [0.29, 0.717) is 60.5 Å². The molecular weight excluding hydrogens is 1850 g/mol. The normalized spacial score (nSPS) is 11.2. The van der Waals surface area contributed by atoms with Crippen molar-refractivity contribution >= 4 is 41.4 Å². The van der Waals surface area contributed by atoms with Gasteiger partial charge in [-0.1, -0.05) is 162 Å². The van der Waals surface area contributed by atoms with Crippen LogP contribution in [0.4, 0.5) is 5.69 Å². The van der Waals surface area contributed by atoms with E-state index in [2.05, 4.69) is 147 Å². The molecule has 2 aliphatic heterocycles. The van der Waals surface area contributed by atoms with Crippen LogP contribution in [0.15, 0.2) is 408 Å². The average Bonchev–Trinajstić information content (AvgIpc) is 1.83. The van der Waals surface area contributed by atoms with Crippen molar-refractivity contribution in [3.63, 3.8) is 0 Å². The third-order valence-corrected chi connectivity index (χ3v) is 23.5. The molecule has 0 unspecified atom stereocenters. The molecule has 0 bridgehead atoms. The summed E-state index contributed by atoms with van der Waals surface area (Å²) >= 11 is 0. The molecule has 0 radical (unpaired) electrons. The first-order valence-corrected chi connectivity index (χ1v) is 49.1. The topological polar surface area (TPSA) is 299 Å². The number of aromatic nitrogens is 15. The molecule has 1 saturated heterocycles. The molecule has 149 heavy (non-hydrogen) atoms. The van der Waals surface area contributed by atoms with Gasteiger partial charge in [0, 0.05) is 251 Å². The lowest BCUT2D eigenvalue weighted by Gasteiger charge is -2.20. The van der Waals surface area contributed by atoms with Gasteiger partial charge >= 0.3 is 0 Å². The number of carbonyl (C=O) groups is 5. The van der Waals surface area contributed by atoms with Crippen LogP contribution in [-0.2, 0) is 26.2 Å². The molecule has 0 saturated carbocycles. The Morgan fingerprint density at radius 1 is 0.322 bits per heavy atom. The van der Waals surface area contributed by atoms with Gasteiger partial charge in [-0.15, -0.1) is 0 Å². The smallest absolute Gasteiger partial charge is 0.251 e. The molecule has 2 aliphatic rings. The number of amides is 5. The Bertz CT molecular complexity index is 7830. The third kappa shape index (κ3) is 31.1. The number of pyridine rings is 1. The van der Waals surface area contributed by atoms with Crippen LogP contribution < -0.4 is 31.5 Å². The predicted molar refractivity (Wildman–Crippen MR) is 580 cm³/mol. The van der Waals surface area contributed by atoms with Crippen LogP contribution in [0.1, 0.15) is 164 Å². The van der Waals surface area contributed by atoms with Crippen LogP contribution in [0.3, 0.4) is 0 Å². The second-order valence-electron chi connectivity index (χ2n) is 34.1. The second kappa shape index (κ2) is 54.4. The van der Waals surface area contributed by atoms with Crippen molar-refractivity contribution in [3.05, 3.63) is 497 Å². The molecule has 736 valence electrons. The molecule has 1 fully saturated rings. The minimum atomic E-state index is -0.163. The molecule has 27 nitrogen and oxygen atoms in total. The van der Waals surface area contributed by atoms with Gasteiger partial charge in [0.25, 0.3) is 29.5 Å². The molecular formula is C122H108N22O5. The molecule has 5 amide bonds. The van der Waals surface area contributed by atoms with Gasteiger partial charge in [0.1, 0.15) is 5.82 Å². The highest BCUT2D eigenvalue weighted by Gasteiger charge is 2.20. The molecule has 20 rings (SSSR count). The molecule has 0 aliphatic carbocycles. The van der Waals surface area contributed by atoms with Gasteiger partial charge < -0.3 is 45.2 Å². The fraction of sp³-hybridized carbons (Fsp3) is 0.148. The standard InChI is InChI=1S/C25H23N5O.C25H26N4O.C24H21N5O.C24H20N4O.C24H18N4O/c1-20-26-15-18-29(20)16-5-13-27-25(31)23-11-12-24(30-17-6-14-28-30)22(19-23)10-9-21-7-3-2-4-8-21;30-25(27-13-6-15-28-18-14-26-20-28)23-11-12-24(29-16-4-5-17-29)22(19-23)10-9-21-7-2-1-3-8-21;30-24(26-12-4-15-28-17-14-25-19-28)22-10-11-23(29-16-5-13-27-29)21(18-22)9-8-20-6-2-1-3-7-20;29-24(26-16-13-22-8-4-14-25-22)21-11-12-23(28-17-5-15-27-28)20(18-21)10-9-19-6-2-1-3-7-19;29-24(26-18-20-8-4-13-25-17-20)22-11-12-23(28-15-5-14-27-28)21(16-22)10-9-19-6-2-1-3-7-19/h2-4,6-8,11-12,14-15,17-19H,5,13,16H2,1H3,(H,27,31);1-3,7-8,11-12,14,18-20H,4-6,13,15-17H2,(H,27,30);1-3,5-7,10-11,13-14,16-19H,4,12,15H2,(H,26,30);1-3,5-8,11-12,14-15,17-18H,4,13,16H2,(H,26,29);1-8,11-17H,18H2,(H,26,29). The van der Waals surface area contributed by atoms with E-state index >= 15 is 0 Å². The molecule has 0 atom stereocenters. The lowest BCUT2D eigenvalue weighted by Crippen LogP contribution is -2.25. The summed E-state index contributed by atoms with van der Waals surface area (Å²) in [4.78, 5) is 86.2. The fourth-order valence-electron chi connectivity index (χ4n) is 15.8. The van der Waals surface area contributed by atoms with Crippen LogP contribution in [0.2, 0.25) is 0 Å². The van der Waals surface area contributed by atoms with Crippen molar-refractivity contribution in [1.82, 2.24) is 99.3 Å². The van der Waals surface area contributed by atoms with Gasteiger partial charge in [-0.05, 0) is 227 Å². The molecule has 10 heterocycles. The van der Waals surface area contributed by atoms with E-state index in [1.165, 1.54) is 12.8 Å². The number of allylic oxidation sites excluding steroid dienone is 1. The van der Waals surface area contributed by atoms with Crippen molar-refractivity contribution in [2.24, 2.45) is 4.99 Å². The zero-order valence-electron chi connectivity index (χ0n) is 82.3. The third-order valence-electron chi connectivity index (χ3n) is 23.5. The summed E-state index contributed by atoms with van der Waals surface area (Å²) in [5.41, 5.74) is 17.8. The van der Waals surface area contributed by atoms with E-state index in [9.17, 15) is 24.0 Å². The minimum Gasteiger partial charge on any atom is -0.371 e. The number of nitrogens with one attached hydrogen (secondary N) is 5. The van der Waals surface area contributed by atoms with Gasteiger partial charge in [-0.3, -0.25) is 33.9 Å². The molecule has 27 heteroatoms. The molecule has 10 aromatic carbocycles. The number of rotatable bonds is 27. The Hall–Kier alpha value is -19.8. The monoisotopic (exact) mass is 1960 g/mol. The lowest BCUT2D eigenvalue weighted by molar-refractivity contribution is 0.0943. The summed E-state index contributed by atoms with van der Waals surface area (Å²) in [6, 6.07) is 88.0. The number of carbonyl (C=O) groups excluding carboxylic acids is 5. The van der Waals surface area contributed by atoms with E-state index in [-0.39, 0.29) is 29.5 Å². The van der Waals surface area contributed by atoms with E-state index in [1.54, 1.807) is 117 Å². The summed E-state index contributed by atoms with van der Waals surface area (Å²) in [6.45, 7) is 9.28. The van der Waals surface area contributed by atoms with Gasteiger partial charge in [0.15, 0.2) is 0 Å². The maximum absolute atomic E-state index is 12.7. The SMILES string of the molecule is Cc1nccn1CCCNC(=O)c1ccc(-n2cccn2)c(C#Cc2ccccc2)c1.O=C(NCCC1=CCC=N1)c1ccc(-n2cccn2)c(C#Cc2ccccc2)c1.O=C(NCCCn1ccnc1)c1ccc(-n2cccn2)c(C#Cc2ccccc2)c1.O=C(NCCCn1ccnc1)c1ccc(N2CCCC2)c(C#Cc2ccccc2)c1.O=C(NCc1cccnc1)c1ccc(-n2cccn2)c(C#Cc2ccccc2)c1. The van der Waals surface area contributed by atoms with Crippen LogP contribution in [0, 0.1) is 66.1 Å². The largest absolute Gasteiger partial charge is 0.371 e. The first-order chi connectivity index (χ1) is 73.4. The Morgan fingerprint density at radius 2 is 0.671 bits per heavy atom. The molecule has 5 N–H and O–H groups in total. The zero-order chi connectivity index (χ0) is 102. The second-order valence-corrected chi connectivity index (χ2v) is 34.1. The van der Waals surface area contributed by atoms with Gasteiger partial charge in [0.2, 0.25) is 0 Å². The van der Waals surface area contributed by atoms with Crippen LogP contribution in [-0.4, -0.2) is 148 Å². The summed E-state index contributed by atoms with van der Waals surface area (Å²) in [7, 11) is 0. The quantitative estimate of drug-likeness (QED) is 0.0236. The summed E-state index contributed by atoms with van der Waals surface area (Å²) in [6.07, 6.45) is 42.8. The van der Waals surface area contributed by atoms with E-state index in [0.717, 1.165) is 166 Å². The summed E-state index contributed by atoms with van der Waals surface area (Å²) in [5.74, 6) is 32.4. The maximum Gasteiger partial charge on any atom is 0.251 e. The predicted octanol–water partition coefficient (Wildman–Crippen LogP) is 17.9. The number of hydrogen-bond donors (Lipinski definition) is 5. The van der Waals surface area contributed by atoms with Crippen molar-refractivity contribution in [2.45, 2.75) is 78.0 Å². The number of anilines is 1. The minimum absolute atomic E-state index is 0.0589. The van der Waals surface area contributed by atoms with E-state index in [1.807, 2.05) is 314 Å². The van der Waals surface area contributed by atoms with Gasteiger partial charge in [0.05, 0.1) is 63.3 Å². The zero-order valence-corrected chi connectivity index (χ0v) is 82.3. The van der Waals surface area contributed by atoms with Crippen molar-refractivity contribution < 1.29 is 24.0 Å². The number of benzene rings is 10. The van der Waals surface area contributed by atoms with E-state index < -0.39 is 0 Å². The number of nitrogens with zero attached hydrogens (tertiary/aromatic N) is 17. The Morgan fingerprint density at radius 3 is 0.987 bits per heavy atom. The Kier molecular flexibility index (Phi) is 37.3. The number of aryl methyl sites for hydroxylation is 4. The van der Waals surface area contributed by atoms with Gasteiger partial charge in [-0.25, -0.2) is 33.7 Å². The highest BCUT2D eigenvalue weighted by Crippen LogP contribution is 2.28. The van der Waals surface area contributed by atoms with E-state index in [4.69, 9.17) is 0 Å². The lowest BCUT2D eigenvalue weighted by atomic mass is 10.1. The summed E-state index contributed by atoms with van der Waals surface area (Å²) < 4.78 is 13.1. The average molecular weight is 1960 g/mol. The van der Waals surface area contributed by atoms with Crippen molar-refractivity contribution in [1.29, 1.82) is 0 Å². The fourth-order valence-corrected chi connectivity index (χ4v) is 15.8. The Labute approximate surface area is 866 Å². The number of hydrogen-bond acceptors (Lipinski definition) is 15. The Balaban J connectivity index is 0.000000133. The van der Waals surface area contributed by atoms with Crippen molar-refractivity contribution in [2.75, 3.05) is 44.2 Å². The maximum atomic E-state index is 12.7. The number of imidazole rings is 3. The number of aliphatic imine (C=N–C) groups is 1. The van der Waals surface area contributed by atoms with Crippen LogP contribution in [0.25, 0.3) is 22.7 Å². The van der Waals surface area contributed by atoms with Crippen LogP contribution in [0.5, 0.6) is 0 Å². The molecule has 0 spiro atoms. The highest BCUT2D eigenvalue weighted by molar-refractivity contribution is 5.98.